The molecule has 1 aliphatic rings. The van der Waals surface area contributed by atoms with Crippen molar-refractivity contribution in [2.45, 2.75) is 20.3 Å². The number of carbonyl (C=O) groups is 1. The molecule has 0 amide bonds. The molecule has 0 saturated heterocycles. The monoisotopic (exact) mass is 229 g/mol. The Hall–Kier alpha value is -1.10. The van der Waals surface area contributed by atoms with E-state index in [1.165, 1.54) is 24.8 Å². The molecular formula is C10H15NO3S. The quantitative estimate of drug-likeness (QED) is 0.675. The third kappa shape index (κ3) is 3.20. The van der Waals surface area contributed by atoms with E-state index < -0.39 is 9.71 Å². The van der Waals surface area contributed by atoms with Gasteiger partial charge in [0.25, 0.3) is 0 Å². The van der Waals surface area contributed by atoms with E-state index in [1.54, 1.807) is 0 Å². The molecule has 0 fully saturated rings. The molecule has 0 aromatic rings. The molecule has 0 saturated carbocycles. The van der Waals surface area contributed by atoms with Crippen molar-refractivity contribution in [1.82, 2.24) is 0 Å². The fourth-order valence-corrected chi connectivity index (χ4v) is 2.07. The molecule has 5 heteroatoms. The molecule has 84 valence electrons. The van der Waals surface area contributed by atoms with Crippen LogP contribution in [0.15, 0.2) is 15.7 Å². The van der Waals surface area contributed by atoms with Gasteiger partial charge >= 0.3 is 0 Å². The van der Waals surface area contributed by atoms with E-state index in [0.717, 1.165) is 6.42 Å². The normalized spacial score (nSPS) is 25.0. The Morgan fingerprint density at radius 2 is 2.27 bits per heavy atom. The van der Waals surface area contributed by atoms with Crippen LogP contribution < -0.4 is 0 Å². The van der Waals surface area contributed by atoms with Crippen molar-refractivity contribution in [1.29, 1.82) is 0 Å². The van der Waals surface area contributed by atoms with Crippen LogP contribution in [0.3, 0.4) is 0 Å². The van der Waals surface area contributed by atoms with E-state index >= 15 is 0 Å². The molecule has 1 heterocycles. The topological polar surface area (TPSA) is 55.7 Å². The maximum Gasteiger partial charge on any atom is 0.165 e. The van der Waals surface area contributed by atoms with Crippen LogP contribution in [0.4, 0.5) is 0 Å². The second-order valence-electron chi connectivity index (χ2n) is 3.40. The minimum Gasteiger partial charge on any atom is -0.492 e. The highest BCUT2D eigenvalue weighted by Crippen LogP contribution is 2.11. The number of allylic oxidation sites excluding steroid dienone is 2. The maximum atomic E-state index is 11.7. The van der Waals surface area contributed by atoms with E-state index in [0.29, 0.717) is 17.9 Å². The Labute approximate surface area is 90.2 Å². The summed E-state index contributed by atoms with van der Waals surface area (Å²) >= 11 is 0. The summed E-state index contributed by atoms with van der Waals surface area (Å²) in [6, 6.07) is 0. The largest absolute Gasteiger partial charge is 0.492 e. The van der Waals surface area contributed by atoms with Crippen molar-refractivity contribution >= 4 is 27.1 Å². The van der Waals surface area contributed by atoms with E-state index in [4.69, 9.17) is 4.74 Å². The van der Waals surface area contributed by atoms with Gasteiger partial charge in [-0.15, -0.1) is 0 Å². The van der Waals surface area contributed by atoms with Gasteiger partial charge in [-0.25, -0.2) is 8.61 Å². The second-order valence-corrected chi connectivity index (χ2v) is 5.56. The van der Waals surface area contributed by atoms with E-state index in [-0.39, 0.29) is 5.78 Å². The van der Waals surface area contributed by atoms with Gasteiger partial charge in [-0.05, 0) is 13.3 Å². The fraction of sp³-hybridized carbons (Fsp3) is 0.500. The number of ether oxygens (including phenoxy) is 1. The number of hydrogen-bond donors (Lipinski definition) is 0. The summed E-state index contributed by atoms with van der Waals surface area (Å²) in [7, 11) is -2.37. The first kappa shape index (κ1) is 12.0. The molecule has 0 aromatic heterocycles. The van der Waals surface area contributed by atoms with Gasteiger partial charge in [0, 0.05) is 6.26 Å². The summed E-state index contributed by atoms with van der Waals surface area (Å²) in [5, 5.41) is 1.43. The van der Waals surface area contributed by atoms with Crippen molar-refractivity contribution < 1.29 is 13.7 Å². The molecule has 0 aromatic carbocycles. The molecular weight excluding hydrogens is 214 g/mol. The zero-order chi connectivity index (χ0) is 11.5. The van der Waals surface area contributed by atoms with Gasteiger partial charge in [0.1, 0.15) is 5.76 Å². The number of nitrogens with zero attached hydrogens (tertiary/aromatic N) is 1. The van der Waals surface area contributed by atoms with E-state index in [2.05, 4.69) is 4.40 Å². The number of hydrogen-bond acceptors (Lipinski definition) is 3. The zero-order valence-electron chi connectivity index (χ0n) is 9.15. The lowest BCUT2D eigenvalue weighted by atomic mass is 10.2. The standard InChI is InChI=1S/C10H15NO3S/c1-4-5-14-10-7-15(3,13)11-6-9(10)8(2)12/h6-7H,4-5H2,1-3H3. The Balaban J connectivity index is 3.11. The fourth-order valence-electron chi connectivity index (χ4n) is 1.10. The zero-order valence-corrected chi connectivity index (χ0v) is 9.97. The molecule has 0 spiro atoms. The van der Waals surface area contributed by atoms with Crippen LogP contribution in [0.25, 0.3) is 0 Å². The summed E-state index contributed by atoms with van der Waals surface area (Å²) in [4.78, 5) is 11.2. The molecule has 0 radical (unpaired) electrons. The van der Waals surface area contributed by atoms with E-state index in [1.807, 2.05) is 6.92 Å². The maximum absolute atomic E-state index is 11.7. The summed E-state index contributed by atoms with van der Waals surface area (Å²) in [5.74, 6) is 0.267. The van der Waals surface area contributed by atoms with Gasteiger partial charge in [0.2, 0.25) is 0 Å². The Bertz CT molecular complexity index is 440. The molecule has 1 unspecified atom stereocenters. The van der Waals surface area contributed by atoms with Crippen molar-refractivity contribution in [2.24, 2.45) is 4.40 Å². The lowest BCUT2D eigenvalue weighted by Crippen LogP contribution is -2.15. The SMILES string of the molecule is CCCOC1=C(C(C)=O)C=NS(C)(=O)=C1. The van der Waals surface area contributed by atoms with Crippen LogP contribution in [0.2, 0.25) is 0 Å². The average molecular weight is 229 g/mol. The first-order valence-corrected chi connectivity index (χ1v) is 6.72. The lowest BCUT2D eigenvalue weighted by Gasteiger charge is -2.13. The van der Waals surface area contributed by atoms with Crippen LogP contribution in [-0.4, -0.2) is 34.4 Å². The Morgan fingerprint density at radius 1 is 1.60 bits per heavy atom. The van der Waals surface area contributed by atoms with Crippen LogP contribution in [0.5, 0.6) is 0 Å². The van der Waals surface area contributed by atoms with Gasteiger partial charge in [-0.1, -0.05) is 6.92 Å². The third-order valence-electron chi connectivity index (χ3n) is 1.82. The highest BCUT2D eigenvalue weighted by atomic mass is 32.2. The summed E-state index contributed by atoms with van der Waals surface area (Å²) in [6.07, 6.45) is 3.69. The van der Waals surface area contributed by atoms with Crippen molar-refractivity contribution in [3.8, 4) is 0 Å². The number of carbonyl (C=O) groups excluding carboxylic acids is 1. The first-order chi connectivity index (χ1) is 6.96. The number of rotatable bonds is 4. The minimum absolute atomic E-state index is 0.129. The lowest BCUT2D eigenvalue weighted by molar-refractivity contribution is -0.113. The van der Waals surface area contributed by atoms with Gasteiger partial charge in [0.15, 0.2) is 5.78 Å². The Kier molecular flexibility index (Phi) is 3.68. The van der Waals surface area contributed by atoms with Gasteiger partial charge in [-0.2, -0.15) is 0 Å². The van der Waals surface area contributed by atoms with Crippen LogP contribution in [0, 0.1) is 0 Å². The first-order valence-electron chi connectivity index (χ1n) is 4.73. The smallest absolute Gasteiger partial charge is 0.165 e. The molecule has 1 rings (SSSR count). The summed E-state index contributed by atoms with van der Waals surface area (Å²) < 4.78 is 20.9. The third-order valence-corrected chi connectivity index (χ3v) is 3.00. The predicted molar refractivity (Wildman–Crippen MR) is 62.6 cm³/mol. The molecule has 0 bridgehead atoms. The molecule has 0 aliphatic carbocycles. The molecule has 1 atom stereocenters. The second kappa shape index (κ2) is 4.61. The molecule has 15 heavy (non-hydrogen) atoms. The van der Waals surface area contributed by atoms with Crippen molar-refractivity contribution in [3.05, 3.63) is 11.3 Å². The van der Waals surface area contributed by atoms with Gasteiger partial charge in [0.05, 0.1) is 33.5 Å². The summed E-state index contributed by atoms with van der Waals surface area (Å²) in [6.45, 7) is 3.91. The number of Topliss-reactive ketones (excluding diaryl/α,β-unsaturated/α-hetero) is 1. The van der Waals surface area contributed by atoms with Crippen LogP contribution in [-0.2, 0) is 19.2 Å². The van der Waals surface area contributed by atoms with Crippen LogP contribution in [0.1, 0.15) is 20.3 Å². The van der Waals surface area contributed by atoms with E-state index in [9.17, 15) is 9.00 Å². The van der Waals surface area contributed by atoms with Crippen LogP contribution >= 0.6 is 0 Å². The summed E-state index contributed by atoms with van der Waals surface area (Å²) in [5.41, 5.74) is 0.393. The Morgan fingerprint density at radius 3 is 2.80 bits per heavy atom. The van der Waals surface area contributed by atoms with Gasteiger partial charge < -0.3 is 4.74 Å². The number of ketones is 1. The van der Waals surface area contributed by atoms with Gasteiger partial charge in [-0.3, -0.25) is 4.79 Å². The van der Waals surface area contributed by atoms with Crippen molar-refractivity contribution in [3.63, 3.8) is 0 Å². The minimum atomic E-state index is -2.37. The molecule has 4 nitrogen and oxygen atoms in total. The highest BCUT2D eigenvalue weighted by molar-refractivity contribution is 7.99. The average Bonchev–Trinajstić information content (AvgIpc) is 2.12. The highest BCUT2D eigenvalue weighted by Gasteiger charge is 2.15. The molecule has 0 N–H and O–H groups in total. The molecule has 1 aliphatic heterocycles. The predicted octanol–water partition coefficient (Wildman–Crippen LogP) is 0.972. The van der Waals surface area contributed by atoms with Crippen molar-refractivity contribution in [2.75, 3.05) is 12.9 Å².